The largest absolute Gasteiger partial charge is 0.499 e. The number of pyridine rings is 1. The summed E-state index contributed by atoms with van der Waals surface area (Å²) >= 11 is 5.78. The molecule has 2 aromatic rings. The van der Waals surface area contributed by atoms with E-state index in [1.54, 1.807) is 6.92 Å². The summed E-state index contributed by atoms with van der Waals surface area (Å²) in [7, 11) is 1.39. The van der Waals surface area contributed by atoms with Crippen LogP contribution in [0.5, 0.6) is 11.5 Å². The first-order valence-electron chi connectivity index (χ1n) is 12.2. The van der Waals surface area contributed by atoms with Gasteiger partial charge in [-0.05, 0) is 56.2 Å². The third kappa shape index (κ3) is 6.75. The highest BCUT2D eigenvalue weighted by Crippen LogP contribution is 2.39. The Morgan fingerprint density at radius 3 is 2.65 bits per heavy atom. The molecule has 40 heavy (non-hydrogen) atoms. The van der Waals surface area contributed by atoms with E-state index in [-0.39, 0.29) is 34.8 Å². The fourth-order valence-corrected chi connectivity index (χ4v) is 3.77. The minimum atomic E-state index is -5.26. The molecule has 1 aliphatic heterocycles. The highest BCUT2D eigenvalue weighted by Gasteiger charge is 2.57. The fourth-order valence-electron chi connectivity index (χ4n) is 3.66. The molecule has 2 unspecified atom stereocenters. The molecular formula is C27H28ClF3N4O5. The number of carbonyl (C=O) groups is 1. The SMILES string of the molecule is COc1cc(C(=O)NCC(O)(/C(=C/C2=COCC2(C)N)N=Cc2ccc(Cl)nc2)C(F)(F)F)ccc1OC1CC1. The van der Waals surface area contributed by atoms with Gasteiger partial charge in [0.15, 0.2) is 11.5 Å². The molecule has 0 bridgehead atoms. The Kier molecular flexibility index (Phi) is 8.43. The lowest BCUT2D eigenvalue weighted by atomic mass is 9.91. The van der Waals surface area contributed by atoms with Gasteiger partial charge >= 0.3 is 6.18 Å². The van der Waals surface area contributed by atoms with E-state index < -0.39 is 35.5 Å². The van der Waals surface area contributed by atoms with Gasteiger partial charge in [0.05, 0.1) is 37.3 Å². The Labute approximate surface area is 233 Å². The van der Waals surface area contributed by atoms with E-state index in [9.17, 15) is 23.1 Å². The molecule has 1 saturated carbocycles. The molecule has 2 aliphatic rings. The second-order valence-corrected chi connectivity index (χ2v) is 10.1. The number of ether oxygens (including phenoxy) is 3. The Hall–Kier alpha value is -3.61. The molecule has 2 atom stereocenters. The van der Waals surface area contributed by atoms with Crippen LogP contribution in [0.3, 0.4) is 0 Å². The van der Waals surface area contributed by atoms with Crippen molar-refractivity contribution < 1.29 is 37.3 Å². The summed E-state index contributed by atoms with van der Waals surface area (Å²) in [6.45, 7) is 0.320. The van der Waals surface area contributed by atoms with Crippen molar-refractivity contribution in [2.45, 2.75) is 43.2 Å². The zero-order valence-corrected chi connectivity index (χ0v) is 22.4. The van der Waals surface area contributed by atoms with E-state index >= 15 is 0 Å². The van der Waals surface area contributed by atoms with Crippen LogP contribution in [0.25, 0.3) is 0 Å². The lowest BCUT2D eigenvalue weighted by molar-refractivity contribution is -0.241. The predicted molar refractivity (Wildman–Crippen MR) is 142 cm³/mol. The smallest absolute Gasteiger partial charge is 0.424 e. The van der Waals surface area contributed by atoms with Gasteiger partial charge in [-0.3, -0.25) is 9.79 Å². The minimum Gasteiger partial charge on any atom is -0.499 e. The quantitative estimate of drug-likeness (QED) is 0.287. The van der Waals surface area contributed by atoms with Crippen molar-refractivity contribution in [2.24, 2.45) is 10.7 Å². The first-order valence-corrected chi connectivity index (χ1v) is 12.6. The Morgan fingerprint density at radius 2 is 2.08 bits per heavy atom. The highest BCUT2D eigenvalue weighted by atomic mass is 35.5. The lowest BCUT2D eigenvalue weighted by Gasteiger charge is -2.32. The van der Waals surface area contributed by atoms with Gasteiger partial charge in [0.2, 0.25) is 5.60 Å². The van der Waals surface area contributed by atoms with Crippen LogP contribution in [-0.2, 0) is 4.74 Å². The molecule has 214 valence electrons. The summed E-state index contributed by atoms with van der Waals surface area (Å²) in [6.07, 6.45) is 1.20. The summed E-state index contributed by atoms with van der Waals surface area (Å²) in [5, 5.41) is 13.4. The number of amides is 1. The molecular weight excluding hydrogens is 553 g/mol. The molecule has 0 radical (unpaired) electrons. The summed E-state index contributed by atoms with van der Waals surface area (Å²) in [6, 6.07) is 7.17. The number of benzene rings is 1. The third-order valence-electron chi connectivity index (χ3n) is 6.29. The van der Waals surface area contributed by atoms with Crippen LogP contribution in [0.2, 0.25) is 5.15 Å². The normalized spacial score (nSPS) is 21.0. The average Bonchev–Trinajstić information content (AvgIpc) is 3.66. The van der Waals surface area contributed by atoms with E-state index in [0.717, 1.165) is 25.1 Å². The van der Waals surface area contributed by atoms with Crippen LogP contribution in [0, 0.1) is 0 Å². The van der Waals surface area contributed by atoms with Gasteiger partial charge in [-0.1, -0.05) is 11.6 Å². The predicted octanol–water partition coefficient (Wildman–Crippen LogP) is 3.94. The minimum absolute atomic E-state index is 0.00669. The Balaban J connectivity index is 1.64. The van der Waals surface area contributed by atoms with Crippen molar-refractivity contribution in [3.8, 4) is 11.5 Å². The monoisotopic (exact) mass is 580 g/mol. The first kappa shape index (κ1) is 29.4. The summed E-state index contributed by atoms with van der Waals surface area (Å²) < 4.78 is 59.6. The van der Waals surface area contributed by atoms with Crippen LogP contribution in [0.1, 0.15) is 35.7 Å². The second-order valence-electron chi connectivity index (χ2n) is 9.73. The molecule has 1 aromatic heterocycles. The molecule has 2 heterocycles. The molecule has 1 amide bonds. The average molecular weight is 581 g/mol. The van der Waals surface area contributed by atoms with Crippen LogP contribution in [0.15, 0.2) is 65.1 Å². The first-order chi connectivity index (χ1) is 18.8. The molecule has 9 nitrogen and oxygen atoms in total. The summed E-state index contributed by atoms with van der Waals surface area (Å²) in [5.74, 6) is -0.208. The summed E-state index contributed by atoms with van der Waals surface area (Å²) in [4.78, 5) is 20.7. The van der Waals surface area contributed by atoms with Gasteiger partial charge in [0.1, 0.15) is 11.8 Å². The van der Waals surface area contributed by atoms with Gasteiger partial charge in [-0.2, -0.15) is 13.2 Å². The topological polar surface area (TPSA) is 128 Å². The Bertz CT molecular complexity index is 1340. The molecule has 4 rings (SSSR count). The van der Waals surface area contributed by atoms with Crippen molar-refractivity contribution >= 4 is 23.7 Å². The zero-order chi connectivity index (χ0) is 29.1. The number of halogens is 4. The van der Waals surface area contributed by atoms with Crippen LogP contribution >= 0.6 is 11.6 Å². The van der Waals surface area contributed by atoms with Crippen molar-refractivity contribution in [1.82, 2.24) is 10.3 Å². The van der Waals surface area contributed by atoms with Crippen LogP contribution in [-0.4, -0.2) is 65.9 Å². The number of aliphatic imine (C=N–C) groups is 1. The zero-order valence-electron chi connectivity index (χ0n) is 21.7. The molecule has 0 saturated heterocycles. The van der Waals surface area contributed by atoms with Crippen molar-refractivity contribution in [1.29, 1.82) is 0 Å². The number of aliphatic hydroxyl groups is 1. The van der Waals surface area contributed by atoms with Gasteiger partial charge in [-0.25, -0.2) is 4.98 Å². The number of alkyl halides is 3. The van der Waals surface area contributed by atoms with E-state index in [1.165, 1.54) is 49.9 Å². The standard InChI is InChI=1S/C27H28ClF3N4O5/c1-25(32)15-39-13-18(25)10-22(33-11-16-3-8-23(28)34-12-16)26(37,27(29,30)31)14-35-24(36)17-4-7-20(21(9-17)38-2)40-19-5-6-19/h3-4,7-13,19,37H,5-6,14-15,32H2,1-2H3,(H,35,36)/b22-10-,33-11?. The van der Waals surface area contributed by atoms with Crippen molar-refractivity contribution in [3.05, 3.63) is 76.4 Å². The number of nitrogens with zero attached hydrogens (tertiary/aromatic N) is 2. The van der Waals surface area contributed by atoms with E-state index in [1.807, 2.05) is 0 Å². The van der Waals surface area contributed by atoms with Gasteiger partial charge in [0, 0.05) is 29.1 Å². The fraction of sp³-hybridized carbons (Fsp3) is 0.370. The number of carbonyl (C=O) groups excluding carboxylic acids is 1. The highest BCUT2D eigenvalue weighted by molar-refractivity contribution is 6.29. The van der Waals surface area contributed by atoms with Crippen molar-refractivity contribution in [2.75, 3.05) is 20.3 Å². The molecule has 4 N–H and O–H groups in total. The lowest BCUT2D eigenvalue weighted by Crippen LogP contribution is -2.55. The number of hydrogen-bond acceptors (Lipinski definition) is 8. The maximum absolute atomic E-state index is 14.5. The van der Waals surface area contributed by atoms with E-state index in [2.05, 4.69) is 15.3 Å². The summed E-state index contributed by atoms with van der Waals surface area (Å²) in [5.41, 5.74) is 1.06. The number of hydrogen-bond donors (Lipinski definition) is 3. The van der Waals surface area contributed by atoms with Gasteiger partial charge in [0.25, 0.3) is 5.91 Å². The van der Waals surface area contributed by atoms with Crippen LogP contribution < -0.4 is 20.5 Å². The second kappa shape index (κ2) is 11.5. The maximum Gasteiger partial charge on any atom is 0.424 e. The molecule has 0 spiro atoms. The maximum atomic E-state index is 14.5. The van der Waals surface area contributed by atoms with Gasteiger partial charge < -0.3 is 30.4 Å². The van der Waals surface area contributed by atoms with Gasteiger partial charge in [-0.15, -0.1) is 0 Å². The number of aromatic nitrogens is 1. The number of nitrogens with two attached hydrogens (primary N) is 1. The van der Waals surface area contributed by atoms with E-state index in [4.69, 9.17) is 31.5 Å². The molecule has 13 heteroatoms. The molecule has 1 aromatic carbocycles. The van der Waals surface area contributed by atoms with Crippen molar-refractivity contribution in [3.63, 3.8) is 0 Å². The Morgan fingerprint density at radius 1 is 1.32 bits per heavy atom. The number of methoxy groups -OCH3 is 1. The van der Waals surface area contributed by atoms with Crippen LogP contribution in [0.4, 0.5) is 13.2 Å². The third-order valence-corrected chi connectivity index (χ3v) is 6.51. The molecule has 1 aliphatic carbocycles. The molecule has 1 fully saturated rings. The van der Waals surface area contributed by atoms with E-state index in [0.29, 0.717) is 11.3 Å². The number of rotatable bonds is 10. The number of nitrogens with one attached hydrogen (secondary N) is 1.